The van der Waals surface area contributed by atoms with Crippen molar-refractivity contribution in [2.75, 3.05) is 13.7 Å². The minimum Gasteiger partial charge on any atom is -0.300 e. The molecule has 0 saturated heterocycles. The van der Waals surface area contributed by atoms with Crippen LogP contribution in [0, 0.1) is 0 Å². The van der Waals surface area contributed by atoms with Gasteiger partial charge in [0.1, 0.15) is 12.4 Å². The van der Waals surface area contributed by atoms with E-state index in [0.717, 1.165) is 7.11 Å². The second-order valence-corrected chi connectivity index (χ2v) is 4.51. The van der Waals surface area contributed by atoms with E-state index in [1.807, 2.05) is 0 Å². The Balaban J connectivity index is 3.72. The highest BCUT2D eigenvalue weighted by molar-refractivity contribution is 7.81. The van der Waals surface area contributed by atoms with Crippen LogP contribution in [0.5, 0.6) is 0 Å². The van der Waals surface area contributed by atoms with E-state index < -0.39 is 17.0 Å². The second-order valence-electron chi connectivity index (χ2n) is 3.12. The summed E-state index contributed by atoms with van der Waals surface area (Å²) in [4.78, 5) is 22.0. The summed E-state index contributed by atoms with van der Waals surface area (Å²) in [7, 11) is -3.10. The molecule has 0 unspecified atom stereocenters. The highest BCUT2D eigenvalue weighted by Crippen LogP contribution is 2.01. The van der Waals surface area contributed by atoms with Crippen molar-refractivity contribution in [1.82, 2.24) is 0 Å². The first-order valence-corrected chi connectivity index (χ1v) is 6.23. The quantitative estimate of drug-likeness (QED) is 0.597. The van der Waals surface area contributed by atoms with Gasteiger partial charge in [-0.1, -0.05) is 6.92 Å². The topological polar surface area (TPSA) is 86.7 Å². The third-order valence-electron chi connectivity index (χ3n) is 1.87. The predicted octanol–water partition coefficient (Wildman–Crippen LogP) is 0.613. The van der Waals surface area contributed by atoms with Crippen molar-refractivity contribution in [3.8, 4) is 0 Å². The van der Waals surface area contributed by atoms with E-state index in [9.17, 15) is 18.0 Å². The van der Waals surface area contributed by atoms with E-state index in [1.54, 1.807) is 6.92 Å². The summed E-state index contributed by atoms with van der Waals surface area (Å²) < 4.78 is 29.6. The first-order chi connectivity index (χ1) is 7.41. The van der Waals surface area contributed by atoms with Crippen LogP contribution in [0.3, 0.4) is 0 Å². The summed E-state index contributed by atoms with van der Waals surface area (Å²) in [5.41, 5.74) is 0. The predicted molar refractivity (Wildman–Crippen MR) is 56.0 cm³/mol. The van der Waals surface area contributed by atoms with Gasteiger partial charge in [-0.3, -0.25) is 13.8 Å². The van der Waals surface area contributed by atoms with Gasteiger partial charge in [-0.2, -0.15) is 8.42 Å². The number of carbonyl (C=O) groups is 2. The van der Waals surface area contributed by atoms with Crippen LogP contribution in [0.25, 0.3) is 0 Å². The van der Waals surface area contributed by atoms with Gasteiger partial charge in [-0.25, -0.2) is 4.18 Å². The maximum atomic E-state index is 11.1. The molecular formula is C9H16O6S. The molecule has 0 aromatic rings. The number of carbonyl (C=O) groups excluding carboxylic acids is 2. The fourth-order valence-corrected chi connectivity index (χ4v) is 1.29. The lowest BCUT2D eigenvalue weighted by atomic mass is 10.1. The summed E-state index contributed by atoms with van der Waals surface area (Å²) in [6, 6.07) is 0. The van der Waals surface area contributed by atoms with Crippen LogP contribution in [-0.2, 0) is 28.4 Å². The summed E-state index contributed by atoms with van der Waals surface area (Å²) in [6.07, 6.45) is 1.33. The number of hydrogen-bond donors (Lipinski definition) is 0. The van der Waals surface area contributed by atoms with E-state index in [-0.39, 0.29) is 18.0 Å². The summed E-state index contributed by atoms with van der Waals surface area (Å²) in [5.74, 6) is -0.289. The molecule has 0 aliphatic rings. The zero-order valence-electron chi connectivity index (χ0n) is 9.39. The van der Waals surface area contributed by atoms with Gasteiger partial charge in [0.15, 0.2) is 5.78 Å². The number of Topliss-reactive ketones (excluding diaryl/α,β-unsaturated/α-hetero) is 2. The van der Waals surface area contributed by atoms with Gasteiger partial charge in [-0.15, -0.1) is 0 Å². The van der Waals surface area contributed by atoms with Crippen LogP contribution in [0.1, 0.15) is 32.6 Å². The number of rotatable bonds is 9. The van der Waals surface area contributed by atoms with Crippen molar-refractivity contribution >= 4 is 22.0 Å². The largest absolute Gasteiger partial charge is 0.400 e. The van der Waals surface area contributed by atoms with E-state index in [4.69, 9.17) is 0 Å². The van der Waals surface area contributed by atoms with Crippen LogP contribution in [-0.4, -0.2) is 33.7 Å². The van der Waals surface area contributed by atoms with E-state index >= 15 is 0 Å². The van der Waals surface area contributed by atoms with Gasteiger partial charge in [0.05, 0.1) is 7.11 Å². The third-order valence-corrected chi connectivity index (χ3v) is 2.69. The average molecular weight is 252 g/mol. The third kappa shape index (κ3) is 7.49. The Labute approximate surface area is 95.3 Å². The smallest absolute Gasteiger partial charge is 0.300 e. The maximum Gasteiger partial charge on any atom is 0.400 e. The molecule has 0 radical (unpaired) electrons. The molecule has 7 heteroatoms. The molecule has 0 aromatic carbocycles. The Morgan fingerprint density at radius 1 is 1.12 bits per heavy atom. The van der Waals surface area contributed by atoms with Gasteiger partial charge in [-0.05, 0) is 6.42 Å². The lowest BCUT2D eigenvalue weighted by molar-refractivity contribution is -0.121. The molecule has 0 aliphatic carbocycles. The van der Waals surface area contributed by atoms with Crippen LogP contribution < -0.4 is 0 Å². The number of ketones is 2. The van der Waals surface area contributed by atoms with Crippen LogP contribution in [0.2, 0.25) is 0 Å². The highest BCUT2D eigenvalue weighted by Gasteiger charge is 2.12. The standard InChI is InChI=1S/C9H16O6S/c1-3-8(10)5-4-6-9(11)7-15-16(12,13)14-2/h3-7H2,1-2H3. The van der Waals surface area contributed by atoms with Crippen LogP contribution in [0.4, 0.5) is 0 Å². The van der Waals surface area contributed by atoms with Crippen molar-refractivity contribution < 1.29 is 26.4 Å². The molecule has 0 atom stereocenters. The minimum absolute atomic E-state index is 0.0817. The van der Waals surface area contributed by atoms with E-state index in [1.165, 1.54) is 0 Å². The molecule has 94 valence electrons. The molecule has 0 rings (SSSR count). The summed E-state index contributed by atoms with van der Waals surface area (Å²) in [6.45, 7) is 1.20. The molecule has 0 heterocycles. The van der Waals surface area contributed by atoms with Crippen molar-refractivity contribution in [2.45, 2.75) is 32.6 Å². The summed E-state index contributed by atoms with van der Waals surface area (Å²) in [5, 5.41) is 0. The molecular weight excluding hydrogens is 236 g/mol. The van der Waals surface area contributed by atoms with Gasteiger partial charge in [0.25, 0.3) is 0 Å². The Morgan fingerprint density at radius 2 is 1.69 bits per heavy atom. The Hall–Kier alpha value is -0.790. The normalized spacial score (nSPS) is 11.4. The van der Waals surface area contributed by atoms with Crippen LogP contribution >= 0.6 is 0 Å². The molecule has 0 saturated carbocycles. The molecule has 0 bridgehead atoms. The maximum absolute atomic E-state index is 11.1. The fraction of sp³-hybridized carbons (Fsp3) is 0.778. The van der Waals surface area contributed by atoms with E-state index in [2.05, 4.69) is 8.37 Å². The molecule has 16 heavy (non-hydrogen) atoms. The second kappa shape index (κ2) is 7.48. The monoisotopic (exact) mass is 252 g/mol. The van der Waals surface area contributed by atoms with E-state index in [0.29, 0.717) is 19.3 Å². The molecule has 0 aliphatic heterocycles. The molecule has 0 aromatic heterocycles. The lowest BCUT2D eigenvalue weighted by Crippen LogP contribution is -2.15. The van der Waals surface area contributed by atoms with Gasteiger partial charge >= 0.3 is 10.4 Å². The lowest BCUT2D eigenvalue weighted by Gasteiger charge is -2.02. The zero-order valence-corrected chi connectivity index (χ0v) is 10.2. The zero-order chi connectivity index (χ0) is 12.6. The fourth-order valence-electron chi connectivity index (χ4n) is 0.918. The van der Waals surface area contributed by atoms with Crippen molar-refractivity contribution in [2.24, 2.45) is 0 Å². The SMILES string of the molecule is CCC(=O)CCCC(=O)COS(=O)(=O)OC. The van der Waals surface area contributed by atoms with Crippen LogP contribution in [0.15, 0.2) is 0 Å². The Kier molecular flexibility index (Phi) is 7.11. The Bertz CT molecular complexity index is 332. The number of hydrogen-bond acceptors (Lipinski definition) is 6. The van der Waals surface area contributed by atoms with Gasteiger partial charge < -0.3 is 0 Å². The first kappa shape index (κ1) is 15.2. The summed E-state index contributed by atoms with van der Waals surface area (Å²) >= 11 is 0. The molecule has 0 amide bonds. The Morgan fingerprint density at radius 3 is 2.19 bits per heavy atom. The minimum atomic E-state index is -4.05. The molecule has 6 nitrogen and oxygen atoms in total. The first-order valence-electron chi connectivity index (χ1n) is 4.89. The average Bonchev–Trinajstić information content (AvgIpc) is 2.26. The van der Waals surface area contributed by atoms with Gasteiger partial charge in [0.2, 0.25) is 0 Å². The highest BCUT2D eigenvalue weighted by atomic mass is 32.3. The van der Waals surface area contributed by atoms with Gasteiger partial charge in [0, 0.05) is 19.3 Å². The van der Waals surface area contributed by atoms with Crippen molar-refractivity contribution in [3.05, 3.63) is 0 Å². The molecule has 0 spiro atoms. The molecule has 0 N–H and O–H groups in total. The van der Waals surface area contributed by atoms with Crippen molar-refractivity contribution in [1.29, 1.82) is 0 Å². The van der Waals surface area contributed by atoms with Crippen molar-refractivity contribution in [3.63, 3.8) is 0 Å². The molecule has 0 fully saturated rings.